The molecule has 0 amide bonds. The van der Waals surface area contributed by atoms with Crippen LogP contribution in [0.15, 0.2) is 24.4 Å². The second kappa shape index (κ2) is 8.99. The highest BCUT2D eigenvalue weighted by Crippen LogP contribution is 1.99. The van der Waals surface area contributed by atoms with Crippen molar-refractivity contribution in [3.05, 3.63) is 30.1 Å². The van der Waals surface area contributed by atoms with Crippen LogP contribution < -0.4 is 5.32 Å². The zero-order chi connectivity index (χ0) is 13.2. The van der Waals surface area contributed by atoms with Gasteiger partial charge in [0.2, 0.25) is 0 Å². The number of pyridine rings is 1. The molecule has 0 radical (unpaired) electrons. The molecule has 1 rings (SSSR count). The van der Waals surface area contributed by atoms with E-state index >= 15 is 0 Å². The van der Waals surface area contributed by atoms with Crippen LogP contribution in [0.5, 0.6) is 0 Å². The Morgan fingerprint density at radius 1 is 1.50 bits per heavy atom. The van der Waals surface area contributed by atoms with Crippen molar-refractivity contribution in [2.45, 2.75) is 12.6 Å². The van der Waals surface area contributed by atoms with E-state index in [1.165, 1.54) is 0 Å². The quantitative estimate of drug-likeness (QED) is 0.612. The summed E-state index contributed by atoms with van der Waals surface area (Å²) in [7, 11) is 3.64. The predicted octanol–water partition coefficient (Wildman–Crippen LogP) is 0.110. The average molecular weight is 253 g/mol. The molecule has 5 heteroatoms. The summed E-state index contributed by atoms with van der Waals surface area (Å²) in [4.78, 5) is 6.32. The maximum Gasteiger partial charge on any atom is 0.0791 e. The number of aliphatic hydroxyl groups is 1. The van der Waals surface area contributed by atoms with Gasteiger partial charge in [-0.1, -0.05) is 6.07 Å². The van der Waals surface area contributed by atoms with E-state index in [0.717, 1.165) is 18.8 Å². The standard InChI is InChI=1S/C13H23N3O2/c1-16(10-12-5-3-4-6-15-12)11-13(17)9-14-7-8-18-2/h3-6,13-14,17H,7-11H2,1-2H3. The summed E-state index contributed by atoms with van der Waals surface area (Å²) in [5, 5.41) is 13.0. The van der Waals surface area contributed by atoms with Crippen LogP contribution in [0, 0.1) is 0 Å². The van der Waals surface area contributed by atoms with E-state index in [-0.39, 0.29) is 6.10 Å². The van der Waals surface area contributed by atoms with Crippen molar-refractivity contribution in [3.63, 3.8) is 0 Å². The third-order valence-electron chi connectivity index (χ3n) is 2.54. The molecule has 1 unspecified atom stereocenters. The molecular formula is C13H23N3O2. The van der Waals surface area contributed by atoms with Crippen LogP contribution in [-0.4, -0.2) is 61.5 Å². The van der Waals surface area contributed by atoms with Crippen molar-refractivity contribution < 1.29 is 9.84 Å². The van der Waals surface area contributed by atoms with E-state index in [1.54, 1.807) is 13.3 Å². The highest BCUT2D eigenvalue weighted by molar-refractivity contribution is 5.03. The van der Waals surface area contributed by atoms with Crippen molar-refractivity contribution in [1.29, 1.82) is 0 Å². The van der Waals surface area contributed by atoms with Crippen LogP contribution in [0.25, 0.3) is 0 Å². The number of aromatic nitrogens is 1. The third kappa shape index (κ3) is 6.66. The number of nitrogens with zero attached hydrogens (tertiary/aromatic N) is 2. The van der Waals surface area contributed by atoms with Gasteiger partial charge in [0.15, 0.2) is 0 Å². The van der Waals surface area contributed by atoms with Crippen LogP contribution in [0.1, 0.15) is 5.69 Å². The maximum atomic E-state index is 9.83. The first-order chi connectivity index (χ1) is 8.72. The summed E-state index contributed by atoms with van der Waals surface area (Å²) in [5.41, 5.74) is 1.01. The highest BCUT2D eigenvalue weighted by Gasteiger charge is 2.08. The molecule has 1 heterocycles. The molecule has 0 saturated carbocycles. The van der Waals surface area contributed by atoms with Gasteiger partial charge in [0, 0.05) is 39.5 Å². The molecular weight excluding hydrogens is 230 g/mol. The van der Waals surface area contributed by atoms with Crippen LogP contribution >= 0.6 is 0 Å². The largest absolute Gasteiger partial charge is 0.390 e. The van der Waals surface area contributed by atoms with E-state index in [9.17, 15) is 5.11 Å². The van der Waals surface area contributed by atoms with Gasteiger partial charge in [-0.25, -0.2) is 0 Å². The molecule has 1 atom stereocenters. The topological polar surface area (TPSA) is 57.6 Å². The molecule has 1 aromatic rings. The molecule has 0 bridgehead atoms. The van der Waals surface area contributed by atoms with Gasteiger partial charge in [-0.3, -0.25) is 9.88 Å². The van der Waals surface area contributed by atoms with E-state index in [1.807, 2.05) is 25.2 Å². The first-order valence-electron chi connectivity index (χ1n) is 6.18. The van der Waals surface area contributed by atoms with Gasteiger partial charge in [-0.15, -0.1) is 0 Å². The molecule has 0 aromatic carbocycles. The fourth-order valence-electron chi connectivity index (χ4n) is 1.70. The summed E-state index contributed by atoms with van der Waals surface area (Å²) in [6.45, 7) is 3.37. The minimum Gasteiger partial charge on any atom is -0.390 e. The SMILES string of the molecule is COCCNCC(O)CN(C)Cc1ccccn1. The van der Waals surface area contributed by atoms with Crippen molar-refractivity contribution in [2.24, 2.45) is 0 Å². The summed E-state index contributed by atoms with van der Waals surface area (Å²) in [6.07, 6.45) is 1.40. The number of aliphatic hydroxyl groups excluding tert-OH is 1. The number of hydrogen-bond donors (Lipinski definition) is 2. The first-order valence-corrected chi connectivity index (χ1v) is 6.18. The molecule has 1 aromatic heterocycles. The molecule has 2 N–H and O–H groups in total. The summed E-state index contributed by atoms with van der Waals surface area (Å²) < 4.78 is 4.92. The Kier molecular flexibility index (Phi) is 7.52. The summed E-state index contributed by atoms with van der Waals surface area (Å²) >= 11 is 0. The number of hydrogen-bond acceptors (Lipinski definition) is 5. The van der Waals surface area contributed by atoms with Gasteiger partial charge in [-0.2, -0.15) is 0 Å². The molecule has 0 saturated heterocycles. The van der Waals surface area contributed by atoms with Gasteiger partial charge in [0.1, 0.15) is 0 Å². The Balaban J connectivity index is 2.17. The first kappa shape index (κ1) is 15.0. The van der Waals surface area contributed by atoms with Gasteiger partial charge in [0.25, 0.3) is 0 Å². The van der Waals surface area contributed by atoms with Crippen LogP contribution in [-0.2, 0) is 11.3 Å². The number of methoxy groups -OCH3 is 1. The molecule has 102 valence electrons. The van der Waals surface area contributed by atoms with E-state index in [4.69, 9.17) is 4.74 Å². The van der Waals surface area contributed by atoms with Crippen LogP contribution in [0.2, 0.25) is 0 Å². The lowest BCUT2D eigenvalue weighted by atomic mass is 10.3. The Labute approximate surface area is 109 Å². The Morgan fingerprint density at radius 3 is 3.00 bits per heavy atom. The Bertz CT molecular complexity index is 308. The molecule has 0 aliphatic carbocycles. The molecule has 0 fully saturated rings. The van der Waals surface area contributed by atoms with Crippen molar-refractivity contribution in [1.82, 2.24) is 15.2 Å². The van der Waals surface area contributed by atoms with Gasteiger partial charge < -0.3 is 15.2 Å². The smallest absolute Gasteiger partial charge is 0.0791 e. The fraction of sp³-hybridized carbons (Fsp3) is 0.615. The van der Waals surface area contributed by atoms with Crippen molar-refractivity contribution in [3.8, 4) is 0 Å². The van der Waals surface area contributed by atoms with Gasteiger partial charge in [0.05, 0.1) is 18.4 Å². The zero-order valence-electron chi connectivity index (χ0n) is 11.2. The van der Waals surface area contributed by atoms with Gasteiger partial charge in [-0.05, 0) is 19.2 Å². The van der Waals surface area contributed by atoms with Gasteiger partial charge >= 0.3 is 0 Å². The normalized spacial score (nSPS) is 12.9. The number of rotatable bonds is 9. The van der Waals surface area contributed by atoms with Crippen molar-refractivity contribution in [2.75, 3.05) is 40.4 Å². The second-order valence-electron chi connectivity index (χ2n) is 4.37. The second-order valence-corrected chi connectivity index (χ2v) is 4.37. The summed E-state index contributed by atoms with van der Waals surface area (Å²) in [6, 6.07) is 5.86. The number of likely N-dealkylation sites (N-methyl/N-ethyl adjacent to an activating group) is 1. The lowest BCUT2D eigenvalue weighted by Crippen LogP contribution is -2.37. The summed E-state index contributed by atoms with van der Waals surface area (Å²) in [5.74, 6) is 0. The lowest BCUT2D eigenvalue weighted by Gasteiger charge is -2.20. The molecule has 0 aliphatic heterocycles. The van der Waals surface area contributed by atoms with Crippen LogP contribution in [0.3, 0.4) is 0 Å². The van der Waals surface area contributed by atoms with E-state index < -0.39 is 0 Å². The highest BCUT2D eigenvalue weighted by atomic mass is 16.5. The molecule has 0 aliphatic rings. The average Bonchev–Trinajstić information content (AvgIpc) is 2.35. The minimum absolute atomic E-state index is 0.379. The third-order valence-corrected chi connectivity index (χ3v) is 2.54. The lowest BCUT2D eigenvalue weighted by molar-refractivity contribution is 0.117. The van der Waals surface area contributed by atoms with Crippen LogP contribution in [0.4, 0.5) is 0 Å². The molecule has 0 spiro atoms. The fourth-order valence-corrected chi connectivity index (χ4v) is 1.70. The maximum absolute atomic E-state index is 9.83. The Hall–Kier alpha value is -1.01. The van der Waals surface area contributed by atoms with Crippen molar-refractivity contribution >= 4 is 0 Å². The number of ether oxygens (including phenoxy) is 1. The monoisotopic (exact) mass is 253 g/mol. The molecule has 18 heavy (non-hydrogen) atoms. The number of nitrogens with one attached hydrogen (secondary N) is 1. The Morgan fingerprint density at radius 2 is 2.33 bits per heavy atom. The zero-order valence-corrected chi connectivity index (χ0v) is 11.2. The molecule has 5 nitrogen and oxygen atoms in total. The minimum atomic E-state index is -0.379. The predicted molar refractivity (Wildman–Crippen MR) is 71.3 cm³/mol. The van der Waals surface area contributed by atoms with E-state index in [0.29, 0.717) is 19.7 Å². The van der Waals surface area contributed by atoms with E-state index in [2.05, 4.69) is 15.2 Å².